The van der Waals surface area contributed by atoms with E-state index < -0.39 is 20.8 Å². The Kier molecular flexibility index (Phi) is 4.45. The predicted molar refractivity (Wildman–Crippen MR) is 65.2 cm³/mol. The number of sulfonamides is 1. The fourth-order valence-corrected chi connectivity index (χ4v) is 2.29. The minimum atomic E-state index is -3.72. The van der Waals surface area contributed by atoms with Gasteiger partial charge in [0.15, 0.2) is 0 Å². The molecular formula is C9H14N2O3S2. The molecule has 1 aromatic rings. The average Bonchev–Trinajstić information content (AvgIpc) is 2.16. The molecule has 7 heteroatoms. The molecule has 1 rings (SSSR count). The minimum Gasteiger partial charge on any atom is -0.383 e. The normalized spacial score (nSPS) is 13.4. The number of benzene rings is 1. The lowest BCUT2D eigenvalue weighted by Gasteiger charge is -2.09. The van der Waals surface area contributed by atoms with Crippen molar-refractivity contribution >= 4 is 26.5 Å². The predicted octanol–water partition coefficient (Wildman–Crippen LogP) is 0.124. The highest BCUT2D eigenvalue weighted by molar-refractivity contribution is 7.89. The van der Waals surface area contributed by atoms with Gasteiger partial charge in [0.25, 0.3) is 0 Å². The molecule has 0 radical (unpaired) electrons. The van der Waals surface area contributed by atoms with E-state index in [-0.39, 0.29) is 4.90 Å². The first-order chi connectivity index (χ1) is 7.41. The summed E-state index contributed by atoms with van der Waals surface area (Å²) in [6.07, 6.45) is 1.59. The zero-order valence-electron chi connectivity index (χ0n) is 8.84. The van der Waals surface area contributed by atoms with E-state index in [1.807, 2.05) is 0 Å². The van der Waals surface area contributed by atoms with Crippen molar-refractivity contribution < 1.29 is 12.6 Å². The number of para-hydroxylation sites is 1. The van der Waals surface area contributed by atoms with Gasteiger partial charge in [0.05, 0.1) is 5.69 Å². The number of hydrogen-bond acceptors (Lipinski definition) is 4. The van der Waals surface area contributed by atoms with Crippen molar-refractivity contribution in [2.24, 2.45) is 5.14 Å². The molecule has 16 heavy (non-hydrogen) atoms. The molecule has 1 atom stereocenters. The summed E-state index contributed by atoms with van der Waals surface area (Å²) in [6, 6.07) is 6.36. The smallest absolute Gasteiger partial charge is 0.240 e. The summed E-state index contributed by atoms with van der Waals surface area (Å²) < 4.78 is 33.3. The molecule has 90 valence electrons. The maximum Gasteiger partial charge on any atom is 0.240 e. The maximum atomic E-state index is 11.2. The second kappa shape index (κ2) is 5.42. The Balaban J connectivity index is 2.84. The van der Waals surface area contributed by atoms with Crippen LogP contribution in [0.15, 0.2) is 29.2 Å². The summed E-state index contributed by atoms with van der Waals surface area (Å²) >= 11 is 0. The average molecular weight is 262 g/mol. The second-order valence-electron chi connectivity index (χ2n) is 3.25. The summed E-state index contributed by atoms with van der Waals surface area (Å²) in [5.41, 5.74) is 0.440. The van der Waals surface area contributed by atoms with Crippen LogP contribution >= 0.6 is 0 Å². The third kappa shape index (κ3) is 3.92. The van der Waals surface area contributed by atoms with Crippen LogP contribution in [0.4, 0.5) is 5.69 Å². The van der Waals surface area contributed by atoms with Gasteiger partial charge in [-0.05, 0) is 12.1 Å². The summed E-state index contributed by atoms with van der Waals surface area (Å²) in [7, 11) is -4.63. The highest BCUT2D eigenvalue weighted by Crippen LogP contribution is 2.18. The van der Waals surface area contributed by atoms with E-state index in [0.717, 1.165) is 0 Å². The molecule has 0 saturated heterocycles. The van der Waals surface area contributed by atoms with Gasteiger partial charge < -0.3 is 5.32 Å². The van der Waals surface area contributed by atoms with Crippen molar-refractivity contribution in [3.63, 3.8) is 0 Å². The summed E-state index contributed by atoms with van der Waals surface area (Å²) in [5.74, 6) is 0.457. The van der Waals surface area contributed by atoms with Gasteiger partial charge in [-0.1, -0.05) is 12.1 Å². The van der Waals surface area contributed by atoms with Gasteiger partial charge in [-0.25, -0.2) is 13.6 Å². The van der Waals surface area contributed by atoms with Crippen molar-refractivity contribution in [2.75, 3.05) is 23.9 Å². The monoisotopic (exact) mass is 262 g/mol. The third-order valence-electron chi connectivity index (χ3n) is 1.90. The van der Waals surface area contributed by atoms with Crippen molar-refractivity contribution in [3.8, 4) is 0 Å². The van der Waals surface area contributed by atoms with Crippen LogP contribution in [0.5, 0.6) is 0 Å². The molecule has 3 N–H and O–H groups in total. The Hall–Kier alpha value is -0.920. The van der Waals surface area contributed by atoms with E-state index in [9.17, 15) is 12.6 Å². The molecule has 0 aliphatic rings. The summed E-state index contributed by atoms with van der Waals surface area (Å²) in [6.45, 7) is 0.440. The third-order valence-corrected chi connectivity index (χ3v) is 3.65. The van der Waals surface area contributed by atoms with E-state index >= 15 is 0 Å². The van der Waals surface area contributed by atoms with Crippen LogP contribution in [0, 0.1) is 0 Å². The molecule has 0 bridgehead atoms. The molecule has 0 aliphatic carbocycles. The molecule has 0 fully saturated rings. The fraction of sp³-hybridized carbons (Fsp3) is 0.333. The highest BCUT2D eigenvalue weighted by atomic mass is 32.2. The van der Waals surface area contributed by atoms with E-state index in [0.29, 0.717) is 18.0 Å². The molecule has 5 nitrogen and oxygen atoms in total. The van der Waals surface area contributed by atoms with Gasteiger partial charge in [-0.15, -0.1) is 0 Å². The van der Waals surface area contributed by atoms with E-state index in [4.69, 9.17) is 5.14 Å². The van der Waals surface area contributed by atoms with Gasteiger partial charge in [0, 0.05) is 29.4 Å². The summed E-state index contributed by atoms with van der Waals surface area (Å²) in [5, 5.41) is 7.96. The molecular weight excluding hydrogens is 248 g/mol. The lowest BCUT2D eigenvalue weighted by molar-refractivity contribution is 0.598. The quantitative estimate of drug-likeness (QED) is 0.789. The van der Waals surface area contributed by atoms with Crippen LogP contribution in [0.25, 0.3) is 0 Å². The molecule has 1 unspecified atom stereocenters. The van der Waals surface area contributed by atoms with Crippen LogP contribution in [0.2, 0.25) is 0 Å². The van der Waals surface area contributed by atoms with E-state index in [1.165, 1.54) is 6.07 Å². The Morgan fingerprint density at radius 2 is 2.00 bits per heavy atom. The number of anilines is 1. The largest absolute Gasteiger partial charge is 0.383 e. The van der Waals surface area contributed by atoms with Gasteiger partial charge in [-0.2, -0.15) is 0 Å². The van der Waals surface area contributed by atoms with Crippen LogP contribution < -0.4 is 10.5 Å². The SMILES string of the molecule is CS(=O)CCNc1ccccc1S(N)(=O)=O. The first kappa shape index (κ1) is 13.1. The van der Waals surface area contributed by atoms with Gasteiger partial charge >= 0.3 is 0 Å². The Morgan fingerprint density at radius 3 is 2.56 bits per heavy atom. The first-order valence-corrected chi connectivity index (χ1v) is 7.84. The van der Waals surface area contributed by atoms with Crippen LogP contribution in [0.3, 0.4) is 0 Å². The molecule has 0 aromatic heterocycles. The van der Waals surface area contributed by atoms with Gasteiger partial charge in [0.1, 0.15) is 4.90 Å². The standard InChI is InChI=1S/C9H14N2O3S2/c1-15(12)7-6-11-8-4-2-3-5-9(8)16(10,13)14/h2-5,11H,6-7H2,1H3,(H2,10,13,14). The highest BCUT2D eigenvalue weighted by Gasteiger charge is 2.12. The number of nitrogens with one attached hydrogen (secondary N) is 1. The molecule has 1 aromatic carbocycles. The number of nitrogens with two attached hydrogens (primary N) is 1. The van der Waals surface area contributed by atoms with Crippen LogP contribution in [-0.4, -0.2) is 31.2 Å². The molecule has 0 amide bonds. The second-order valence-corrected chi connectivity index (χ2v) is 6.33. The number of primary sulfonamides is 1. The summed E-state index contributed by atoms with van der Waals surface area (Å²) in [4.78, 5) is 0.0527. The minimum absolute atomic E-state index is 0.0527. The van der Waals surface area contributed by atoms with Crippen molar-refractivity contribution in [1.82, 2.24) is 0 Å². The number of hydrogen-bond donors (Lipinski definition) is 2. The van der Waals surface area contributed by atoms with Crippen molar-refractivity contribution in [3.05, 3.63) is 24.3 Å². The Morgan fingerprint density at radius 1 is 1.38 bits per heavy atom. The topological polar surface area (TPSA) is 89.3 Å². The lowest BCUT2D eigenvalue weighted by Crippen LogP contribution is -2.17. The van der Waals surface area contributed by atoms with E-state index in [1.54, 1.807) is 24.5 Å². The molecule has 0 saturated carbocycles. The molecule has 0 spiro atoms. The zero-order chi connectivity index (χ0) is 12.2. The first-order valence-electron chi connectivity index (χ1n) is 4.57. The number of rotatable bonds is 5. The van der Waals surface area contributed by atoms with Crippen LogP contribution in [0.1, 0.15) is 0 Å². The van der Waals surface area contributed by atoms with Gasteiger partial charge in [-0.3, -0.25) is 4.21 Å². The van der Waals surface area contributed by atoms with Gasteiger partial charge in [0.2, 0.25) is 10.0 Å². The lowest BCUT2D eigenvalue weighted by atomic mass is 10.3. The zero-order valence-corrected chi connectivity index (χ0v) is 10.5. The van der Waals surface area contributed by atoms with Crippen molar-refractivity contribution in [1.29, 1.82) is 0 Å². The van der Waals surface area contributed by atoms with Crippen molar-refractivity contribution in [2.45, 2.75) is 4.90 Å². The molecule has 0 heterocycles. The fourth-order valence-electron chi connectivity index (χ4n) is 1.19. The maximum absolute atomic E-state index is 11.2. The van der Waals surface area contributed by atoms with Crippen LogP contribution in [-0.2, 0) is 20.8 Å². The molecule has 0 aliphatic heterocycles. The van der Waals surface area contributed by atoms with E-state index in [2.05, 4.69) is 5.32 Å². The Bertz CT molecular complexity index is 485. The Labute approximate surface area is 97.6 Å².